The predicted octanol–water partition coefficient (Wildman–Crippen LogP) is 3.32. The van der Waals surface area contributed by atoms with E-state index < -0.39 is 11.7 Å². The Bertz CT molecular complexity index is 662. The van der Waals surface area contributed by atoms with Crippen LogP contribution in [0.3, 0.4) is 0 Å². The van der Waals surface area contributed by atoms with Gasteiger partial charge in [-0.25, -0.2) is 4.39 Å². The number of ether oxygens (including phenoxy) is 1. The zero-order valence-electron chi connectivity index (χ0n) is 10.6. The van der Waals surface area contributed by atoms with Crippen LogP contribution in [0.5, 0.6) is 5.75 Å². The topological polar surface area (TPSA) is 64.3 Å². The van der Waals surface area contributed by atoms with Gasteiger partial charge in [-0.3, -0.25) is 4.79 Å². The number of carbonyl (C=O) groups excluding carboxylic acids is 1. The smallest absolute Gasteiger partial charge is 0.257 e. The summed E-state index contributed by atoms with van der Waals surface area (Å²) >= 11 is 5.93. The average Bonchev–Trinajstić information content (AvgIpc) is 2.41. The molecule has 0 saturated heterocycles. The van der Waals surface area contributed by atoms with E-state index in [4.69, 9.17) is 22.1 Å². The van der Waals surface area contributed by atoms with Crippen molar-refractivity contribution in [3.8, 4) is 5.75 Å². The van der Waals surface area contributed by atoms with E-state index in [9.17, 15) is 9.18 Å². The summed E-state index contributed by atoms with van der Waals surface area (Å²) in [6.07, 6.45) is 0. The van der Waals surface area contributed by atoms with Crippen molar-refractivity contribution in [1.29, 1.82) is 0 Å². The number of nitrogen functional groups attached to an aromatic ring is 1. The zero-order chi connectivity index (χ0) is 14.7. The molecule has 0 atom stereocenters. The second kappa shape index (κ2) is 5.79. The van der Waals surface area contributed by atoms with Crippen molar-refractivity contribution >= 4 is 28.9 Å². The molecule has 0 aliphatic rings. The Morgan fingerprint density at radius 1 is 1.30 bits per heavy atom. The number of benzene rings is 2. The van der Waals surface area contributed by atoms with Gasteiger partial charge in [0.25, 0.3) is 5.91 Å². The van der Waals surface area contributed by atoms with Crippen LogP contribution in [-0.2, 0) is 0 Å². The van der Waals surface area contributed by atoms with Crippen LogP contribution in [0.25, 0.3) is 0 Å². The van der Waals surface area contributed by atoms with Crippen LogP contribution in [-0.4, -0.2) is 13.0 Å². The molecule has 2 aromatic rings. The molecule has 3 N–H and O–H groups in total. The average molecular weight is 295 g/mol. The highest BCUT2D eigenvalue weighted by molar-refractivity contribution is 6.34. The number of hydrogen-bond acceptors (Lipinski definition) is 3. The molecule has 0 aromatic heterocycles. The fourth-order valence-electron chi connectivity index (χ4n) is 1.63. The molecular formula is C14H12ClFN2O2. The third-order valence-corrected chi connectivity index (χ3v) is 2.97. The summed E-state index contributed by atoms with van der Waals surface area (Å²) in [4.78, 5) is 12.1. The Labute approximate surface area is 120 Å². The van der Waals surface area contributed by atoms with Crippen molar-refractivity contribution in [2.75, 3.05) is 18.2 Å². The first-order chi connectivity index (χ1) is 9.51. The normalized spacial score (nSPS) is 10.2. The molecule has 0 unspecified atom stereocenters. The van der Waals surface area contributed by atoms with E-state index in [-0.39, 0.29) is 16.3 Å². The number of anilines is 2. The van der Waals surface area contributed by atoms with E-state index in [2.05, 4.69) is 5.32 Å². The van der Waals surface area contributed by atoms with Crippen LogP contribution in [0.15, 0.2) is 36.4 Å². The molecule has 0 aliphatic carbocycles. The van der Waals surface area contributed by atoms with Crippen molar-refractivity contribution in [3.05, 3.63) is 52.8 Å². The van der Waals surface area contributed by atoms with Crippen LogP contribution >= 0.6 is 11.6 Å². The summed E-state index contributed by atoms with van der Waals surface area (Å²) < 4.78 is 18.6. The minimum Gasteiger partial charge on any atom is -0.497 e. The first-order valence-electron chi connectivity index (χ1n) is 5.71. The lowest BCUT2D eigenvalue weighted by atomic mass is 10.2. The van der Waals surface area contributed by atoms with Gasteiger partial charge < -0.3 is 15.8 Å². The molecule has 0 spiro atoms. The summed E-state index contributed by atoms with van der Waals surface area (Å²) in [5, 5.41) is 2.64. The molecule has 0 radical (unpaired) electrons. The van der Waals surface area contributed by atoms with Crippen molar-refractivity contribution in [1.82, 2.24) is 0 Å². The number of nitrogens with two attached hydrogens (primary N) is 1. The maximum absolute atomic E-state index is 13.6. The highest BCUT2D eigenvalue weighted by atomic mass is 35.5. The molecule has 104 valence electrons. The Hall–Kier alpha value is -2.27. The van der Waals surface area contributed by atoms with Gasteiger partial charge in [-0.1, -0.05) is 11.6 Å². The minimum atomic E-state index is -0.564. The number of halogens is 2. The molecule has 0 aliphatic heterocycles. The molecule has 0 bridgehead atoms. The summed E-state index contributed by atoms with van der Waals surface area (Å²) in [6.45, 7) is 0. The lowest BCUT2D eigenvalue weighted by Gasteiger charge is -2.09. The van der Waals surface area contributed by atoms with Crippen molar-refractivity contribution in [3.63, 3.8) is 0 Å². The minimum absolute atomic E-state index is 0.0160. The third-order valence-electron chi connectivity index (χ3n) is 2.66. The number of rotatable bonds is 3. The number of carbonyl (C=O) groups is 1. The summed E-state index contributed by atoms with van der Waals surface area (Å²) in [5.74, 6) is -0.655. The van der Waals surface area contributed by atoms with Crippen molar-refractivity contribution < 1.29 is 13.9 Å². The molecule has 6 heteroatoms. The summed E-state index contributed by atoms with van der Waals surface area (Å²) in [7, 11) is 1.45. The first kappa shape index (κ1) is 14.1. The first-order valence-corrected chi connectivity index (χ1v) is 6.09. The lowest BCUT2D eigenvalue weighted by molar-refractivity contribution is 0.102. The maximum Gasteiger partial charge on any atom is 0.257 e. The molecule has 0 fully saturated rings. The van der Waals surface area contributed by atoms with Gasteiger partial charge in [-0.05, 0) is 30.3 Å². The molecule has 0 heterocycles. The van der Waals surface area contributed by atoms with E-state index in [1.54, 1.807) is 6.07 Å². The Morgan fingerprint density at radius 3 is 2.70 bits per heavy atom. The third kappa shape index (κ3) is 3.00. The van der Waals surface area contributed by atoms with Gasteiger partial charge in [-0.15, -0.1) is 0 Å². The molecular weight excluding hydrogens is 283 g/mol. The van der Waals surface area contributed by atoms with Crippen molar-refractivity contribution in [2.24, 2.45) is 0 Å². The highest BCUT2D eigenvalue weighted by Crippen LogP contribution is 2.24. The van der Waals surface area contributed by atoms with Crippen LogP contribution in [0.1, 0.15) is 10.4 Å². The number of nitrogens with one attached hydrogen (secondary N) is 1. The van der Waals surface area contributed by atoms with E-state index in [0.29, 0.717) is 11.4 Å². The van der Waals surface area contributed by atoms with E-state index in [1.807, 2.05) is 0 Å². The number of hydrogen-bond donors (Lipinski definition) is 2. The van der Waals surface area contributed by atoms with Gasteiger partial charge >= 0.3 is 0 Å². The van der Waals surface area contributed by atoms with E-state index in [1.165, 1.54) is 37.4 Å². The standard InChI is InChI=1S/C14H12ClFN2O2/c1-20-9-3-5-12(16)13(7-9)18-14(19)10-4-2-8(17)6-11(10)15/h2-7H,17H2,1H3,(H,18,19). The monoisotopic (exact) mass is 294 g/mol. The van der Waals surface area contributed by atoms with Gasteiger partial charge in [0.15, 0.2) is 0 Å². The van der Waals surface area contributed by atoms with Gasteiger partial charge in [0.2, 0.25) is 0 Å². The number of methoxy groups -OCH3 is 1. The SMILES string of the molecule is COc1ccc(F)c(NC(=O)c2ccc(N)cc2Cl)c1. The lowest BCUT2D eigenvalue weighted by Crippen LogP contribution is -2.13. The maximum atomic E-state index is 13.6. The van der Waals surface area contributed by atoms with Crippen LogP contribution in [0, 0.1) is 5.82 Å². The highest BCUT2D eigenvalue weighted by Gasteiger charge is 2.13. The molecule has 4 nitrogen and oxygen atoms in total. The summed E-state index contributed by atoms with van der Waals surface area (Å²) in [6, 6.07) is 8.53. The van der Waals surface area contributed by atoms with Crippen LogP contribution in [0.4, 0.5) is 15.8 Å². The molecule has 20 heavy (non-hydrogen) atoms. The van der Waals surface area contributed by atoms with Crippen molar-refractivity contribution in [2.45, 2.75) is 0 Å². The van der Waals surface area contributed by atoms with Crippen LogP contribution < -0.4 is 15.8 Å². The van der Waals surface area contributed by atoms with Gasteiger partial charge in [0.05, 0.1) is 23.4 Å². The largest absolute Gasteiger partial charge is 0.497 e. The van der Waals surface area contributed by atoms with Gasteiger partial charge in [0.1, 0.15) is 11.6 Å². The van der Waals surface area contributed by atoms with E-state index >= 15 is 0 Å². The Morgan fingerprint density at radius 2 is 2.05 bits per heavy atom. The second-order valence-electron chi connectivity index (χ2n) is 4.04. The predicted molar refractivity (Wildman–Crippen MR) is 76.8 cm³/mol. The Kier molecular flexibility index (Phi) is 4.10. The molecule has 1 amide bonds. The quantitative estimate of drug-likeness (QED) is 0.854. The van der Waals surface area contributed by atoms with Gasteiger partial charge in [-0.2, -0.15) is 0 Å². The second-order valence-corrected chi connectivity index (χ2v) is 4.45. The molecule has 0 saturated carbocycles. The molecule has 2 aromatic carbocycles. The Balaban J connectivity index is 2.27. The van der Waals surface area contributed by atoms with Gasteiger partial charge in [0, 0.05) is 11.8 Å². The number of amides is 1. The summed E-state index contributed by atoms with van der Waals surface area (Å²) in [5.41, 5.74) is 6.22. The zero-order valence-corrected chi connectivity index (χ0v) is 11.4. The van der Waals surface area contributed by atoms with Crippen LogP contribution in [0.2, 0.25) is 5.02 Å². The fraction of sp³-hybridized carbons (Fsp3) is 0.0714. The fourth-order valence-corrected chi connectivity index (χ4v) is 1.91. The van der Waals surface area contributed by atoms with E-state index in [0.717, 1.165) is 0 Å². The molecule has 2 rings (SSSR count).